The van der Waals surface area contributed by atoms with E-state index in [0.29, 0.717) is 48.9 Å². The van der Waals surface area contributed by atoms with E-state index in [4.69, 9.17) is 17.0 Å². The fraction of sp³-hybridized carbons (Fsp3) is 0.463. The van der Waals surface area contributed by atoms with Crippen molar-refractivity contribution in [3.05, 3.63) is 71.5 Å². The summed E-state index contributed by atoms with van der Waals surface area (Å²) in [5.74, 6) is 0.263. The molecule has 6 rings (SSSR count). The van der Waals surface area contributed by atoms with E-state index < -0.39 is 35.1 Å². The number of ether oxygens (including phenoxy) is 1. The number of hydrogen-bond donors (Lipinski definition) is 4. The molecule has 3 aliphatic heterocycles. The number of benzene rings is 2. The van der Waals surface area contributed by atoms with Gasteiger partial charge in [-0.05, 0) is 132 Å². The van der Waals surface area contributed by atoms with Crippen LogP contribution < -0.4 is 30.5 Å². The number of amides is 3. The van der Waals surface area contributed by atoms with Crippen LogP contribution in [0, 0.1) is 17.2 Å². The molecule has 0 aliphatic carbocycles. The van der Waals surface area contributed by atoms with Crippen LogP contribution in [0.1, 0.15) is 76.6 Å². The Hall–Kier alpha value is -5.31. The quantitative estimate of drug-likeness (QED) is 0.159. The highest BCUT2D eigenvalue weighted by Gasteiger charge is 2.51. The Morgan fingerprint density at radius 1 is 1.12 bits per heavy atom. The summed E-state index contributed by atoms with van der Waals surface area (Å²) < 4.78 is 47.5. The van der Waals surface area contributed by atoms with E-state index in [0.717, 1.165) is 60.8 Å². The molecule has 3 amide bonds. The van der Waals surface area contributed by atoms with E-state index in [1.807, 2.05) is 50.2 Å². The van der Waals surface area contributed by atoms with E-state index in [1.165, 1.54) is 6.07 Å². The molecule has 3 atom stereocenters. The number of aryl methyl sites for hydroxylation is 1. The number of anilines is 4. The highest BCUT2D eigenvalue weighted by molar-refractivity contribution is 7.81. The molecular formula is C41H47F3N8O5S. The SMILES string of the molecule is CCc1cc(N2C(=S)N(c3cnc(C#N)c(C(F)(F)F)c3)C(=O)C2(C)C)ccc1OCCC1CCN([C@@H](C)C(=O)Nc2cccc(N[C@@H]3CCC(=O)NC3O)c2)CC1. The first-order valence-corrected chi connectivity index (χ1v) is 19.7. The molecule has 1 unspecified atom stereocenters. The Morgan fingerprint density at radius 2 is 1.84 bits per heavy atom. The highest BCUT2D eigenvalue weighted by atomic mass is 32.1. The van der Waals surface area contributed by atoms with E-state index in [9.17, 15) is 37.9 Å². The van der Waals surface area contributed by atoms with Crippen molar-refractivity contribution in [2.24, 2.45) is 5.92 Å². The third kappa shape index (κ3) is 9.04. The molecule has 308 valence electrons. The maximum atomic E-state index is 13.7. The lowest BCUT2D eigenvalue weighted by atomic mass is 9.93. The van der Waals surface area contributed by atoms with Gasteiger partial charge in [0.2, 0.25) is 11.8 Å². The number of nitrogens with zero attached hydrogens (tertiary/aromatic N) is 5. The summed E-state index contributed by atoms with van der Waals surface area (Å²) in [6, 6.07) is 14.3. The number of piperidine rings is 2. The lowest BCUT2D eigenvalue weighted by molar-refractivity contribution is -0.138. The van der Waals surface area contributed by atoms with Crippen molar-refractivity contribution >= 4 is 57.8 Å². The highest BCUT2D eigenvalue weighted by Crippen LogP contribution is 2.40. The Bertz CT molecular complexity index is 2100. The van der Waals surface area contributed by atoms with Gasteiger partial charge in [0.05, 0.1) is 36.1 Å². The lowest BCUT2D eigenvalue weighted by Gasteiger charge is -2.35. The van der Waals surface area contributed by atoms with E-state index in [2.05, 4.69) is 25.8 Å². The van der Waals surface area contributed by atoms with Crippen molar-refractivity contribution in [2.45, 2.75) is 96.2 Å². The second-order valence-electron chi connectivity index (χ2n) is 15.3. The van der Waals surface area contributed by atoms with Crippen molar-refractivity contribution in [2.75, 3.05) is 40.1 Å². The van der Waals surface area contributed by atoms with Crippen molar-refractivity contribution in [1.82, 2.24) is 15.2 Å². The molecule has 1 aromatic heterocycles. The van der Waals surface area contributed by atoms with Gasteiger partial charge < -0.3 is 30.7 Å². The third-order valence-electron chi connectivity index (χ3n) is 11.1. The molecule has 3 aliphatic rings. The van der Waals surface area contributed by atoms with Crippen LogP contribution in [0.25, 0.3) is 0 Å². The van der Waals surface area contributed by atoms with Gasteiger partial charge in [-0.3, -0.25) is 24.2 Å². The number of aliphatic hydroxyl groups excluding tert-OH is 1. The van der Waals surface area contributed by atoms with Gasteiger partial charge in [0.1, 0.15) is 23.6 Å². The molecular weight excluding hydrogens is 774 g/mol. The number of alkyl halides is 3. The Kier molecular flexibility index (Phi) is 12.6. The molecule has 0 saturated carbocycles. The molecule has 2 aromatic carbocycles. The fourth-order valence-corrected chi connectivity index (χ4v) is 8.19. The first kappa shape index (κ1) is 42.3. The second-order valence-corrected chi connectivity index (χ2v) is 15.7. The monoisotopic (exact) mass is 820 g/mol. The Balaban J connectivity index is 1.01. The number of pyridine rings is 1. The number of likely N-dealkylation sites (tertiary alicyclic amines) is 1. The summed E-state index contributed by atoms with van der Waals surface area (Å²) in [7, 11) is 0. The summed E-state index contributed by atoms with van der Waals surface area (Å²) in [5.41, 5.74) is -0.646. The van der Waals surface area contributed by atoms with Crippen LogP contribution in [0.2, 0.25) is 0 Å². The zero-order valence-corrected chi connectivity index (χ0v) is 33.5. The van der Waals surface area contributed by atoms with Crippen molar-refractivity contribution in [3.8, 4) is 11.8 Å². The lowest BCUT2D eigenvalue weighted by Crippen LogP contribution is -2.51. The number of halogens is 3. The van der Waals surface area contributed by atoms with Crippen LogP contribution in [0.3, 0.4) is 0 Å². The number of rotatable bonds is 12. The molecule has 4 heterocycles. The van der Waals surface area contributed by atoms with Crippen LogP contribution in [0.5, 0.6) is 5.75 Å². The third-order valence-corrected chi connectivity index (χ3v) is 11.5. The van der Waals surface area contributed by atoms with Gasteiger partial charge in [0.25, 0.3) is 5.91 Å². The number of aliphatic hydroxyl groups is 1. The zero-order valence-electron chi connectivity index (χ0n) is 32.7. The number of nitriles is 1. The number of carbonyl (C=O) groups is 3. The minimum Gasteiger partial charge on any atom is -0.493 e. The summed E-state index contributed by atoms with van der Waals surface area (Å²) in [6.45, 7) is 9.17. The van der Waals surface area contributed by atoms with Gasteiger partial charge >= 0.3 is 6.18 Å². The largest absolute Gasteiger partial charge is 0.493 e. The topological polar surface area (TPSA) is 163 Å². The number of carbonyl (C=O) groups excluding carboxylic acids is 3. The number of hydrogen-bond acceptors (Lipinski definition) is 10. The first-order chi connectivity index (χ1) is 27.5. The minimum absolute atomic E-state index is 0.0141. The molecule has 0 bridgehead atoms. The van der Waals surface area contributed by atoms with Gasteiger partial charge in [-0.25, -0.2) is 4.98 Å². The summed E-state index contributed by atoms with van der Waals surface area (Å²) in [6.07, 6.45) is -0.724. The standard InChI is InChI=1S/C41H47F3N8O5S/c1-5-26-19-29(52-39(58)51(38(56)40(52,3)4)30-21-31(41(42,43)44)33(22-45)46-23-30)9-11-34(26)57-18-15-25-13-16-50(17-14-25)24(2)36(54)48-28-8-6-7-27(20-28)47-32-10-12-35(53)49-37(32)55/h6-9,11,19-21,23-25,32,37,47,55H,5,10,12-18H2,1-4H3,(H,48,54)(H,49,53)/t24-,32+,37?/m0/s1. The normalized spacial score (nSPS) is 20.7. The summed E-state index contributed by atoms with van der Waals surface area (Å²) in [4.78, 5) is 46.9. The minimum atomic E-state index is -4.85. The van der Waals surface area contributed by atoms with Crippen LogP contribution in [-0.4, -0.2) is 81.4 Å². The molecule has 3 saturated heterocycles. The molecule has 13 nitrogen and oxygen atoms in total. The van der Waals surface area contributed by atoms with Gasteiger partial charge in [-0.1, -0.05) is 13.0 Å². The van der Waals surface area contributed by atoms with Crippen molar-refractivity contribution < 1.29 is 37.4 Å². The smallest absolute Gasteiger partial charge is 0.419 e. The molecule has 58 heavy (non-hydrogen) atoms. The number of aromatic nitrogens is 1. The predicted molar refractivity (Wildman–Crippen MR) is 216 cm³/mol. The molecule has 0 radical (unpaired) electrons. The maximum Gasteiger partial charge on any atom is 0.419 e. The van der Waals surface area contributed by atoms with Crippen molar-refractivity contribution in [3.63, 3.8) is 0 Å². The maximum absolute atomic E-state index is 13.7. The van der Waals surface area contributed by atoms with Crippen LogP contribution in [-0.2, 0) is 27.0 Å². The molecule has 4 N–H and O–H groups in total. The van der Waals surface area contributed by atoms with Crippen LogP contribution in [0.4, 0.5) is 35.9 Å². The summed E-state index contributed by atoms with van der Waals surface area (Å²) >= 11 is 5.69. The van der Waals surface area contributed by atoms with Gasteiger partial charge in [0.15, 0.2) is 10.8 Å². The molecule has 3 fully saturated rings. The van der Waals surface area contributed by atoms with Gasteiger partial charge in [-0.2, -0.15) is 18.4 Å². The van der Waals surface area contributed by atoms with Crippen molar-refractivity contribution in [1.29, 1.82) is 5.26 Å². The van der Waals surface area contributed by atoms with E-state index >= 15 is 0 Å². The van der Waals surface area contributed by atoms with E-state index in [-0.39, 0.29) is 34.7 Å². The summed E-state index contributed by atoms with van der Waals surface area (Å²) in [5, 5.41) is 28.1. The van der Waals surface area contributed by atoms with Gasteiger partial charge in [0, 0.05) is 23.5 Å². The second kappa shape index (κ2) is 17.3. The Morgan fingerprint density at radius 3 is 2.52 bits per heavy atom. The van der Waals surface area contributed by atoms with Crippen LogP contribution in [0.15, 0.2) is 54.7 Å². The van der Waals surface area contributed by atoms with Crippen LogP contribution >= 0.6 is 12.2 Å². The average Bonchev–Trinajstić information content (AvgIpc) is 3.37. The zero-order chi connectivity index (χ0) is 41.9. The predicted octanol–water partition coefficient (Wildman–Crippen LogP) is 5.97. The molecule has 17 heteroatoms. The number of thiocarbonyl (C=S) groups is 1. The molecule has 0 spiro atoms. The average molecular weight is 821 g/mol. The first-order valence-electron chi connectivity index (χ1n) is 19.3. The van der Waals surface area contributed by atoms with E-state index in [1.54, 1.807) is 24.8 Å². The molecule has 3 aromatic rings. The fourth-order valence-electron chi connectivity index (χ4n) is 7.67. The number of nitrogens with one attached hydrogen (secondary N) is 3. The van der Waals surface area contributed by atoms with Gasteiger partial charge in [-0.15, -0.1) is 0 Å². The Labute approximate surface area is 340 Å².